The molecule has 0 radical (unpaired) electrons. The largest absolute Gasteiger partial charge is 0.153 e. The molecule has 0 saturated carbocycles. The normalized spacial score (nSPS) is 19.6. The Labute approximate surface area is 55.4 Å². The molecule has 0 unspecified atom stereocenters. The maximum atomic E-state index is 2.36. The zero-order valence-electron chi connectivity index (χ0n) is 5.48. The van der Waals surface area contributed by atoms with Crippen molar-refractivity contribution in [1.82, 2.24) is 0 Å². The minimum Gasteiger partial charge on any atom is -0.153 e. The summed E-state index contributed by atoms with van der Waals surface area (Å²) in [6.45, 7) is 4.52. The van der Waals surface area contributed by atoms with E-state index in [2.05, 4.69) is 19.9 Å². The van der Waals surface area contributed by atoms with Gasteiger partial charge in [-0.1, -0.05) is 25.5 Å². The SMILES string of the molecule is CC(C)C1=CCSC1. The van der Waals surface area contributed by atoms with Crippen molar-refractivity contribution in [3.8, 4) is 0 Å². The molecule has 8 heavy (non-hydrogen) atoms. The summed E-state index contributed by atoms with van der Waals surface area (Å²) in [5, 5.41) is 0. The molecular weight excluding hydrogens is 116 g/mol. The van der Waals surface area contributed by atoms with Crippen LogP contribution in [0.2, 0.25) is 0 Å². The highest BCUT2D eigenvalue weighted by molar-refractivity contribution is 7.99. The fourth-order valence-corrected chi connectivity index (χ4v) is 1.94. The van der Waals surface area contributed by atoms with E-state index in [1.54, 1.807) is 5.57 Å². The lowest BCUT2D eigenvalue weighted by molar-refractivity contribution is 0.775. The first-order chi connectivity index (χ1) is 3.80. The van der Waals surface area contributed by atoms with E-state index in [1.807, 2.05) is 11.8 Å². The van der Waals surface area contributed by atoms with Crippen LogP contribution < -0.4 is 0 Å². The van der Waals surface area contributed by atoms with Crippen LogP contribution >= 0.6 is 11.8 Å². The van der Waals surface area contributed by atoms with Gasteiger partial charge in [-0.25, -0.2) is 0 Å². The van der Waals surface area contributed by atoms with Crippen LogP contribution in [0.4, 0.5) is 0 Å². The van der Waals surface area contributed by atoms with Gasteiger partial charge >= 0.3 is 0 Å². The summed E-state index contributed by atoms with van der Waals surface area (Å²) in [7, 11) is 0. The molecule has 0 fully saturated rings. The summed E-state index contributed by atoms with van der Waals surface area (Å²) < 4.78 is 0. The van der Waals surface area contributed by atoms with Gasteiger partial charge in [0.15, 0.2) is 0 Å². The maximum Gasteiger partial charge on any atom is 0.0149 e. The average Bonchev–Trinajstić information content (AvgIpc) is 2.12. The predicted molar refractivity (Wildman–Crippen MR) is 40.2 cm³/mol. The molecule has 0 amide bonds. The van der Waals surface area contributed by atoms with E-state index in [0.717, 1.165) is 5.92 Å². The first kappa shape index (κ1) is 6.21. The van der Waals surface area contributed by atoms with Gasteiger partial charge in [0.25, 0.3) is 0 Å². The molecule has 1 heterocycles. The van der Waals surface area contributed by atoms with Gasteiger partial charge < -0.3 is 0 Å². The van der Waals surface area contributed by atoms with Crippen LogP contribution in [0.5, 0.6) is 0 Å². The van der Waals surface area contributed by atoms with Crippen LogP contribution in [0.1, 0.15) is 13.8 Å². The Morgan fingerprint density at radius 2 is 2.38 bits per heavy atom. The van der Waals surface area contributed by atoms with Crippen LogP contribution in [0.25, 0.3) is 0 Å². The summed E-state index contributed by atoms with van der Waals surface area (Å²) in [5.74, 6) is 3.30. The summed E-state index contributed by atoms with van der Waals surface area (Å²) in [6, 6.07) is 0. The first-order valence-electron chi connectivity index (χ1n) is 3.07. The predicted octanol–water partition coefficient (Wildman–Crippen LogP) is 2.32. The van der Waals surface area contributed by atoms with Crippen molar-refractivity contribution in [2.45, 2.75) is 13.8 Å². The van der Waals surface area contributed by atoms with Crippen LogP contribution in [-0.2, 0) is 0 Å². The van der Waals surface area contributed by atoms with E-state index in [9.17, 15) is 0 Å². The molecule has 0 saturated heterocycles. The smallest absolute Gasteiger partial charge is 0.0149 e. The van der Waals surface area contributed by atoms with Crippen molar-refractivity contribution in [3.63, 3.8) is 0 Å². The molecular formula is C7H12S. The Kier molecular flexibility index (Phi) is 2.01. The van der Waals surface area contributed by atoms with Crippen molar-refractivity contribution < 1.29 is 0 Å². The van der Waals surface area contributed by atoms with Crippen LogP contribution in [0, 0.1) is 5.92 Å². The minimum absolute atomic E-state index is 0.782. The van der Waals surface area contributed by atoms with Gasteiger partial charge in [-0.3, -0.25) is 0 Å². The van der Waals surface area contributed by atoms with E-state index in [4.69, 9.17) is 0 Å². The molecule has 1 aliphatic heterocycles. The van der Waals surface area contributed by atoms with Gasteiger partial charge in [-0.05, 0) is 5.92 Å². The van der Waals surface area contributed by atoms with Gasteiger partial charge in [0.1, 0.15) is 0 Å². The first-order valence-corrected chi connectivity index (χ1v) is 4.23. The highest BCUT2D eigenvalue weighted by Gasteiger charge is 2.06. The molecule has 0 N–H and O–H groups in total. The Hall–Kier alpha value is 0.0900. The fraction of sp³-hybridized carbons (Fsp3) is 0.714. The van der Waals surface area contributed by atoms with E-state index in [0.29, 0.717) is 0 Å². The molecule has 0 aromatic heterocycles. The molecule has 0 nitrogen and oxygen atoms in total. The van der Waals surface area contributed by atoms with Crippen molar-refractivity contribution in [2.24, 2.45) is 5.92 Å². The quantitative estimate of drug-likeness (QED) is 0.488. The molecule has 0 aliphatic carbocycles. The standard InChI is InChI=1S/C7H12S/c1-6(2)7-3-4-8-5-7/h3,6H,4-5H2,1-2H3. The number of thioether (sulfide) groups is 1. The third-order valence-electron chi connectivity index (χ3n) is 1.47. The molecule has 0 bridgehead atoms. The van der Waals surface area contributed by atoms with Crippen LogP contribution in [-0.4, -0.2) is 11.5 Å². The topological polar surface area (TPSA) is 0 Å². The van der Waals surface area contributed by atoms with E-state index in [-0.39, 0.29) is 0 Å². The van der Waals surface area contributed by atoms with Crippen molar-refractivity contribution in [1.29, 1.82) is 0 Å². The zero-order chi connectivity index (χ0) is 5.98. The molecule has 1 rings (SSSR count). The molecule has 1 heteroatoms. The third kappa shape index (κ3) is 1.28. The van der Waals surface area contributed by atoms with Gasteiger partial charge in [0, 0.05) is 11.5 Å². The lowest BCUT2D eigenvalue weighted by Crippen LogP contribution is -1.91. The molecule has 0 atom stereocenters. The molecule has 46 valence electrons. The van der Waals surface area contributed by atoms with Crippen molar-refractivity contribution in [3.05, 3.63) is 11.6 Å². The number of hydrogen-bond acceptors (Lipinski definition) is 1. The summed E-state index contributed by atoms with van der Waals surface area (Å²) in [4.78, 5) is 0. The lowest BCUT2D eigenvalue weighted by Gasteiger charge is -2.02. The van der Waals surface area contributed by atoms with Crippen LogP contribution in [0.15, 0.2) is 11.6 Å². The van der Waals surface area contributed by atoms with Gasteiger partial charge in [0.05, 0.1) is 0 Å². The average molecular weight is 128 g/mol. The van der Waals surface area contributed by atoms with Gasteiger partial charge in [0.2, 0.25) is 0 Å². The lowest BCUT2D eigenvalue weighted by atomic mass is 10.1. The van der Waals surface area contributed by atoms with E-state index < -0.39 is 0 Å². The third-order valence-corrected chi connectivity index (χ3v) is 2.41. The molecule has 0 aromatic rings. The summed E-state index contributed by atoms with van der Waals surface area (Å²) in [5.41, 5.74) is 1.63. The molecule has 1 aliphatic rings. The van der Waals surface area contributed by atoms with E-state index in [1.165, 1.54) is 11.5 Å². The van der Waals surface area contributed by atoms with Crippen LogP contribution in [0.3, 0.4) is 0 Å². The van der Waals surface area contributed by atoms with Crippen molar-refractivity contribution in [2.75, 3.05) is 11.5 Å². The maximum absolute atomic E-state index is 2.36. The second-order valence-electron chi connectivity index (χ2n) is 2.45. The molecule has 0 aromatic carbocycles. The van der Waals surface area contributed by atoms with Gasteiger partial charge in [-0.15, -0.1) is 0 Å². The highest BCUT2D eigenvalue weighted by Crippen LogP contribution is 2.22. The Morgan fingerprint density at radius 1 is 1.62 bits per heavy atom. The monoisotopic (exact) mass is 128 g/mol. The Balaban J connectivity index is 2.45. The van der Waals surface area contributed by atoms with Crippen molar-refractivity contribution >= 4 is 11.8 Å². The van der Waals surface area contributed by atoms with E-state index >= 15 is 0 Å². The second kappa shape index (κ2) is 2.58. The molecule has 0 spiro atoms. The summed E-state index contributed by atoms with van der Waals surface area (Å²) in [6.07, 6.45) is 2.36. The Morgan fingerprint density at radius 3 is 2.62 bits per heavy atom. The Bertz CT molecular complexity index is 103. The zero-order valence-corrected chi connectivity index (χ0v) is 6.29. The van der Waals surface area contributed by atoms with Gasteiger partial charge in [-0.2, -0.15) is 11.8 Å². The number of hydrogen-bond donors (Lipinski definition) is 0. The highest BCUT2D eigenvalue weighted by atomic mass is 32.2. The number of rotatable bonds is 1. The second-order valence-corrected chi connectivity index (χ2v) is 3.48. The summed E-state index contributed by atoms with van der Waals surface area (Å²) >= 11 is 2.02. The minimum atomic E-state index is 0.782. The fourth-order valence-electron chi connectivity index (χ4n) is 0.804.